The van der Waals surface area contributed by atoms with Gasteiger partial charge < -0.3 is 15.4 Å². The van der Waals surface area contributed by atoms with Gasteiger partial charge in [0, 0.05) is 10.9 Å². The first kappa shape index (κ1) is 23.1. The number of nitrogens with one attached hydrogen (secondary N) is 2. The third-order valence-electron chi connectivity index (χ3n) is 4.54. The van der Waals surface area contributed by atoms with Crippen molar-refractivity contribution >= 4 is 29.1 Å². The largest absolute Gasteiger partial charge is 0.467 e. The van der Waals surface area contributed by atoms with E-state index in [9.17, 15) is 23.2 Å². The lowest BCUT2D eigenvalue weighted by atomic mass is 10.1. The van der Waals surface area contributed by atoms with Gasteiger partial charge in [0.15, 0.2) is 6.04 Å². The molecule has 3 aromatic rings. The maximum atomic E-state index is 13.4. The Hall–Kier alpha value is -3.59. The topological polar surface area (TPSA) is 84.5 Å². The van der Waals surface area contributed by atoms with E-state index in [4.69, 9.17) is 4.74 Å². The number of rotatable bonds is 8. The molecule has 9 heteroatoms. The summed E-state index contributed by atoms with van der Waals surface area (Å²) in [6, 6.07) is 12.5. The maximum Gasteiger partial charge on any atom is 0.333 e. The zero-order valence-electron chi connectivity index (χ0n) is 17.0. The molecule has 2 amide bonds. The van der Waals surface area contributed by atoms with Crippen LogP contribution in [0.5, 0.6) is 0 Å². The molecule has 32 heavy (non-hydrogen) atoms. The second-order valence-electron chi connectivity index (χ2n) is 6.85. The lowest BCUT2D eigenvalue weighted by molar-refractivity contribution is -0.145. The van der Waals surface area contributed by atoms with Crippen LogP contribution in [0.1, 0.15) is 28.1 Å². The molecule has 0 fully saturated rings. The summed E-state index contributed by atoms with van der Waals surface area (Å²) in [4.78, 5) is 38.5. The predicted octanol–water partition coefficient (Wildman–Crippen LogP) is 3.46. The molecule has 0 aliphatic heterocycles. The minimum absolute atomic E-state index is 0.127. The smallest absolute Gasteiger partial charge is 0.333 e. The summed E-state index contributed by atoms with van der Waals surface area (Å²) in [6.07, 6.45) is -0.330. The minimum atomic E-state index is -1.11. The summed E-state index contributed by atoms with van der Waals surface area (Å²) >= 11 is 1.24. The highest BCUT2D eigenvalue weighted by atomic mass is 32.1. The summed E-state index contributed by atoms with van der Waals surface area (Å²) in [5.74, 6) is -3.52. The number of methoxy groups -OCH3 is 1. The number of benzene rings is 2. The Bertz CT molecular complexity index is 1070. The van der Waals surface area contributed by atoms with E-state index in [0.717, 1.165) is 12.1 Å². The molecule has 0 saturated carbocycles. The molecular formula is C23H20F2N2O4S. The van der Waals surface area contributed by atoms with Crippen LogP contribution in [-0.2, 0) is 25.5 Å². The Morgan fingerprint density at radius 1 is 0.938 bits per heavy atom. The van der Waals surface area contributed by atoms with E-state index in [2.05, 4.69) is 10.6 Å². The van der Waals surface area contributed by atoms with Gasteiger partial charge in [-0.05, 0) is 34.7 Å². The van der Waals surface area contributed by atoms with Crippen LogP contribution in [-0.4, -0.2) is 24.9 Å². The summed E-state index contributed by atoms with van der Waals surface area (Å²) in [5.41, 5.74) is 0.640. The lowest BCUT2D eigenvalue weighted by Crippen LogP contribution is -2.43. The van der Waals surface area contributed by atoms with Crippen molar-refractivity contribution in [3.63, 3.8) is 0 Å². The van der Waals surface area contributed by atoms with Crippen molar-refractivity contribution in [3.8, 4) is 0 Å². The number of esters is 1. The third kappa shape index (κ3) is 5.98. The van der Waals surface area contributed by atoms with Crippen molar-refractivity contribution in [2.45, 2.75) is 18.5 Å². The molecule has 1 aromatic heterocycles. The molecule has 3 rings (SSSR count). The Labute approximate surface area is 187 Å². The fraction of sp³-hybridized carbons (Fsp3) is 0.174. The molecular weight excluding hydrogens is 438 g/mol. The van der Waals surface area contributed by atoms with Crippen molar-refractivity contribution in [1.29, 1.82) is 0 Å². The Morgan fingerprint density at radius 2 is 1.62 bits per heavy atom. The highest BCUT2D eigenvalue weighted by Gasteiger charge is 2.30. The molecule has 0 bridgehead atoms. The van der Waals surface area contributed by atoms with E-state index in [1.165, 1.54) is 18.4 Å². The molecule has 0 aliphatic rings. The summed E-state index contributed by atoms with van der Waals surface area (Å²) in [6.45, 7) is 0. The monoisotopic (exact) mass is 458 g/mol. The van der Waals surface area contributed by atoms with Crippen LogP contribution in [0.25, 0.3) is 0 Å². The Kier molecular flexibility index (Phi) is 7.67. The molecule has 2 atom stereocenters. The first-order chi connectivity index (χ1) is 15.4. The van der Waals surface area contributed by atoms with E-state index in [1.807, 2.05) is 0 Å². The summed E-state index contributed by atoms with van der Waals surface area (Å²) in [5, 5.41) is 6.94. The molecule has 2 aromatic carbocycles. The Balaban J connectivity index is 1.79. The molecule has 6 nitrogen and oxygen atoms in total. The molecule has 1 heterocycles. The minimum Gasteiger partial charge on any atom is -0.467 e. The molecule has 0 radical (unpaired) electrons. The Morgan fingerprint density at radius 3 is 2.22 bits per heavy atom. The molecule has 0 unspecified atom stereocenters. The van der Waals surface area contributed by atoms with Crippen LogP contribution in [0.15, 0.2) is 66.0 Å². The van der Waals surface area contributed by atoms with Gasteiger partial charge in [-0.2, -0.15) is 0 Å². The fourth-order valence-electron chi connectivity index (χ4n) is 3.10. The second kappa shape index (κ2) is 10.6. The lowest BCUT2D eigenvalue weighted by Gasteiger charge is -2.22. The van der Waals surface area contributed by atoms with E-state index >= 15 is 0 Å². The zero-order chi connectivity index (χ0) is 23.1. The highest BCUT2D eigenvalue weighted by Crippen LogP contribution is 2.22. The number of thiophene rings is 1. The normalized spacial score (nSPS) is 12.5. The standard InChI is InChI=1S/C23H20F2N2O4S/c1-31-23(30)20(15-6-3-2-4-7-15)27-22(29)21(18-8-5-9-32-18)26-19(28)12-14-10-16(24)13-17(25)11-14/h2-11,13,20-21H,12H2,1H3,(H,26,28)(H,27,29)/t20-,21+/m0/s1. The average molecular weight is 458 g/mol. The average Bonchev–Trinajstić information content (AvgIpc) is 3.29. The number of amides is 2. The van der Waals surface area contributed by atoms with Gasteiger partial charge in [-0.25, -0.2) is 13.6 Å². The van der Waals surface area contributed by atoms with E-state index in [-0.39, 0.29) is 12.0 Å². The first-order valence-corrected chi connectivity index (χ1v) is 10.5. The van der Waals surface area contributed by atoms with Gasteiger partial charge in [0.1, 0.15) is 17.7 Å². The fourth-order valence-corrected chi connectivity index (χ4v) is 3.87. The summed E-state index contributed by atoms with van der Waals surface area (Å²) < 4.78 is 31.7. The van der Waals surface area contributed by atoms with Crippen molar-refractivity contribution in [1.82, 2.24) is 10.6 Å². The SMILES string of the molecule is COC(=O)[C@@H](NC(=O)[C@H](NC(=O)Cc1cc(F)cc(F)c1)c1cccs1)c1ccccc1. The predicted molar refractivity (Wildman–Crippen MR) is 115 cm³/mol. The van der Waals surface area contributed by atoms with Crippen molar-refractivity contribution in [2.24, 2.45) is 0 Å². The van der Waals surface area contributed by atoms with E-state index < -0.39 is 41.5 Å². The van der Waals surface area contributed by atoms with Gasteiger partial charge in [-0.15, -0.1) is 11.3 Å². The third-order valence-corrected chi connectivity index (χ3v) is 5.48. The maximum absolute atomic E-state index is 13.4. The van der Waals surface area contributed by atoms with Gasteiger partial charge in [0.2, 0.25) is 11.8 Å². The van der Waals surface area contributed by atoms with Gasteiger partial charge >= 0.3 is 5.97 Å². The van der Waals surface area contributed by atoms with Gasteiger partial charge in [-0.1, -0.05) is 36.4 Å². The van der Waals surface area contributed by atoms with Crippen molar-refractivity contribution < 1.29 is 27.9 Å². The van der Waals surface area contributed by atoms with Crippen LogP contribution in [0.4, 0.5) is 8.78 Å². The quantitative estimate of drug-likeness (QED) is 0.507. The van der Waals surface area contributed by atoms with Gasteiger partial charge in [-0.3, -0.25) is 9.59 Å². The van der Waals surface area contributed by atoms with Crippen LogP contribution >= 0.6 is 11.3 Å². The number of halogens is 2. The van der Waals surface area contributed by atoms with Crippen LogP contribution in [0.2, 0.25) is 0 Å². The first-order valence-electron chi connectivity index (χ1n) is 9.58. The number of hydrogen-bond donors (Lipinski definition) is 2. The highest BCUT2D eigenvalue weighted by molar-refractivity contribution is 7.10. The van der Waals surface area contributed by atoms with Crippen LogP contribution < -0.4 is 10.6 Å². The molecule has 2 N–H and O–H groups in total. The number of hydrogen-bond acceptors (Lipinski definition) is 5. The van der Waals surface area contributed by atoms with Crippen molar-refractivity contribution in [2.75, 3.05) is 7.11 Å². The van der Waals surface area contributed by atoms with E-state index in [0.29, 0.717) is 16.5 Å². The molecule has 0 spiro atoms. The number of carbonyl (C=O) groups excluding carboxylic acids is 3. The van der Waals surface area contributed by atoms with Crippen LogP contribution in [0.3, 0.4) is 0 Å². The molecule has 166 valence electrons. The van der Waals surface area contributed by atoms with Gasteiger partial charge in [0.25, 0.3) is 0 Å². The molecule has 0 aliphatic carbocycles. The van der Waals surface area contributed by atoms with Gasteiger partial charge in [0.05, 0.1) is 13.5 Å². The second-order valence-corrected chi connectivity index (χ2v) is 7.83. The van der Waals surface area contributed by atoms with Crippen LogP contribution in [0, 0.1) is 11.6 Å². The summed E-state index contributed by atoms with van der Waals surface area (Å²) in [7, 11) is 1.21. The molecule has 0 saturated heterocycles. The zero-order valence-corrected chi connectivity index (χ0v) is 17.8. The number of carbonyl (C=O) groups is 3. The van der Waals surface area contributed by atoms with Crippen molar-refractivity contribution in [3.05, 3.63) is 93.7 Å². The number of ether oxygens (including phenoxy) is 1. The van der Waals surface area contributed by atoms with E-state index in [1.54, 1.807) is 47.8 Å².